The zero-order chi connectivity index (χ0) is 24.5. The van der Waals surface area contributed by atoms with Gasteiger partial charge in [-0.2, -0.15) is 5.10 Å². The van der Waals surface area contributed by atoms with Gasteiger partial charge in [0.15, 0.2) is 0 Å². The standard InChI is InChI=1S/C25H27Cl2N3O4/c1-5-17(2)34-28-16-23-18(3)29-30(4)25(23)33-22-12-10-21(11-13-22)32-20-8-6-19(7-9-20)31-15-14-24(26)27/h6-14,16-17H,5,15H2,1-4H3. The van der Waals surface area contributed by atoms with Crippen LogP contribution in [0, 0.1) is 6.92 Å². The third kappa shape index (κ3) is 7.43. The van der Waals surface area contributed by atoms with Gasteiger partial charge in [0.05, 0.1) is 17.5 Å². The summed E-state index contributed by atoms with van der Waals surface area (Å²) in [5, 5.41) is 8.50. The molecule has 0 saturated heterocycles. The Morgan fingerprint density at radius 3 is 2.12 bits per heavy atom. The van der Waals surface area contributed by atoms with Crippen molar-refractivity contribution >= 4 is 29.4 Å². The molecule has 180 valence electrons. The van der Waals surface area contributed by atoms with Crippen LogP contribution in [0.1, 0.15) is 31.5 Å². The summed E-state index contributed by atoms with van der Waals surface area (Å²) in [6.45, 7) is 6.20. The average molecular weight is 504 g/mol. The molecule has 0 radical (unpaired) electrons. The van der Waals surface area contributed by atoms with Crippen molar-refractivity contribution in [3.05, 3.63) is 70.4 Å². The number of oxime groups is 1. The Labute approximate surface area is 209 Å². The molecular formula is C25H27Cl2N3O4. The van der Waals surface area contributed by atoms with E-state index in [0.29, 0.717) is 35.5 Å². The highest BCUT2D eigenvalue weighted by Crippen LogP contribution is 2.29. The maximum absolute atomic E-state index is 6.08. The molecule has 34 heavy (non-hydrogen) atoms. The van der Waals surface area contributed by atoms with Crippen LogP contribution in [0.2, 0.25) is 0 Å². The third-order valence-electron chi connectivity index (χ3n) is 4.80. The van der Waals surface area contributed by atoms with Crippen LogP contribution in [-0.4, -0.2) is 28.7 Å². The van der Waals surface area contributed by atoms with Crippen molar-refractivity contribution in [3.8, 4) is 28.9 Å². The molecule has 3 rings (SSSR count). The van der Waals surface area contributed by atoms with E-state index in [-0.39, 0.29) is 10.6 Å². The normalized spacial score (nSPS) is 11.8. The average Bonchev–Trinajstić information content (AvgIpc) is 3.08. The summed E-state index contributed by atoms with van der Waals surface area (Å²) < 4.78 is 19.3. The van der Waals surface area contributed by atoms with Gasteiger partial charge in [-0.15, -0.1) is 0 Å². The maximum Gasteiger partial charge on any atom is 0.226 e. The van der Waals surface area contributed by atoms with Crippen molar-refractivity contribution in [2.45, 2.75) is 33.3 Å². The van der Waals surface area contributed by atoms with Crippen LogP contribution in [-0.2, 0) is 11.9 Å². The van der Waals surface area contributed by atoms with Gasteiger partial charge >= 0.3 is 0 Å². The second-order valence-electron chi connectivity index (χ2n) is 7.44. The SMILES string of the molecule is CCC(C)ON=Cc1c(C)nn(C)c1Oc1ccc(Oc2ccc(OCC=C(Cl)Cl)cc2)cc1. The fourth-order valence-electron chi connectivity index (χ4n) is 2.81. The van der Waals surface area contributed by atoms with Crippen molar-refractivity contribution < 1.29 is 19.0 Å². The summed E-state index contributed by atoms with van der Waals surface area (Å²) in [5.41, 5.74) is 1.56. The van der Waals surface area contributed by atoms with E-state index in [1.807, 2.05) is 76.3 Å². The number of rotatable bonds is 11. The Balaban J connectivity index is 1.63. The second kappa shape index (κ2) is 12.3. The van der Waals surface area contributed by atoms with Gasteiger partial charge in [-0.05, 0) is 74.9 Å². The topological polar surface area (TPSA) is 67.1 Å². The van der Waals surface area contributed by atoms with Gasteiger partial charge in [-0.25, -0.2) is 4.68 Å². The van der Waals surface area contributed by atoms with Crippen molar-refractivity contribution in [2.75, 3.05) is 6.61 Å². The highest BCUT2D eigenvalue weighted by molar-refractivity contribution is 6.55. The van der Waals surface area contributed by atoms with E-state index in [2.05, 4.69) is 10.3 Å². The number of halogens is 2. The van der Waals surface area contributed by atoms with Crippen molar-refractivity contribution in [1.29, 1.82) is 0 Å². The lowest BCUT2D eigenvalue weighted by atomic mass is 10.2. The number of aryl methyl sites for hydroxylation is 2. The number of benzene rings is 2. The van der Waals surface area contributed by atoms with Crippen molar-refractivity contribution in [1.82, 2.24) is 9.78 Å². The Morgan fingerprint density at radius 1 is 1.00 bits per heavy atom. The van der Waals surface area contributed by atoms with Gasteiger partial charge in [-0.3, -0.25) is 0 Å². The van der Waals surface area contributed by atoms with E-state index in [1.165, 1.54) is 0 Å². The largest absolute Gasteiger partial charge is 0.489 e. The fourth-order valence-corrected chi connectivity index (χ4v) is 2.94. The first-order valence-corrected chi connectivity index (χ1v) is 11.5. The summed E-state index contributed by atoms with van der Waals surface area (Å²) in [6.07, 6.45) is 4.12. The summed E-state index contributed by atoms with van der Waals surface area (Å²) >= 11 is 11.1. The Morgan fingerprint density at radius 2 is 1.56 bits per heavy atom. The van der Waals surface area contributed by atoms with E-state index in [1.54, 1.807) is 17.0 Å². The molecule has 1 unspecified atom stereocenters. The number of hydrogen-bond acceptors (Lipinski definition) is 6. The van der Waals surface area contributed by atoms with E-state index in [9.17, 15) is 0 Å². The second-order valence-corrected chi connectivity index (χ2v) is 8.45. The van der Waals surface area contributed by atoms with Crippen LogP contribution < -0.4 is 14.2 Å². The first-order valence-electron chi connectivity index (χ1n) is 10.8. The predicted octanol–water partition coefficient (Wildman–Crippen LogP) is 7.16. The van der Waals surface area contributed by atoms with Crippen molar-refractivity contribution in [3.63, 3.8) is 0 Å². The minimum absolute atomic E-state index is 0.0426. The van der Waals surface area contributed by atoms with Crippen LogP contribution in [0.3, 0.4) is 0 Å². The van der Waals surface area contributed by atoms with Crippen LogP contribution >= 0.6 is 23.2 Å². The van der Waals surface area contributed by atoms with Gasteiger partial charge < -0.3 is 19.0 Å². The van der Waals surface area contributed by atoms with Gasteiger partial charge in [0.2, 0.25) is 5.88 Å². The molecule has 1 aromatic heterocycles. The summed E-state index contributed by atoms with van der Waals surface area (Å²) in [5.74, 6) is 3.24. The van der Waals surface area contributed by atoms with E-state index in [4.69, 9.17) is 42.3 Å². The summed E-state index contributed by atoms with van der Waals surface area (Å²) in [7, 11) is 1.82. The number of nitrogens with zero attached hydrogens (tertiary/aromatic N) is 3. The van der Waals surface area contributed by atoms with E-state index in [0.717, 1.165) is 17.7 Å². The molecule has 7 nitrogen and oxygen atoms in total. The first kappa shape index (κ1) is 25.5. The van der Waals surface area contributed by atoms with Crippen LogP contribution in [0.15, 0.2) is 64.3 Å². The molecule has 2 aromatic carbocycles. The highest BCUT2D eigenvalue weighted by atomic mass is 35.5. The Kier molecular flexibility index (Phi) is 9.24. The minimum atomic E-state index is 0.0426. The lowest BCUT2D eigenvalue weighted by molar-refractivity contribution is 0.0712. The van der Waals surface area contributed by atoms with Gasteiger partial charge in [0.1, 0.15) is 40.2 Å². The van der Waals surface area contributed by atoms with Gasteiger partial charge in [-0.1, -0.05) is 35.3 Å². The van der Waals surface area contributed by atoms with Gasteiger partial charge in [0, 0.05) is 7.05 Å². The molecule has 9 heteroatoms. The molecule has 3 aromatic rings. The zero-order valence-electron chi connectivity index (χ0n) is 19.5. The Hall–Kier alpha value is -3.16. The first-order chi connectivity index (χ1) is 16.4. The molecule has 0 aliphatic carbocycles. The summed E-state index contributed by atoms with van der Waals surface area (Å²) in [4.78, 5) is 5.41. The molecule has 0 aliphatic heterocycles. The molecule has 1 atom stereocenters. The minimum Gasteiger partial charge on any atom is -0.489 e. The number of ether oxygens (including phenoxy) is 3. The van der Waals surface area contributed by atoms with Crippen molar-refractivity contribution in [2.24, 2.45) is 12.2 Å². The quantitative estimate of drug-likeness (QED) is 0.205. The van der Waals surface area contributed by atoms with Gasteiger partial charge in [0.25, 0.3) is 0 Å². The molecule has 0 bridgehead atoms. The summed E-state index contributed by atoms with van der Waals surface area (Å²) in [6, 6.07) is 14.6. The lowest BCUT2D eigenvalue weighted by Gasteiger charge is -2.10. The van der Waals surface area contributed by atoms with Crippen LogP contribution in [0.25, 0.3) is 0 Å². The molecule has 1 heterocycles. The molecule has 0 saturated carbocycles. The number of aromatic nitrogens is 2. The molecule has 0 spiro atoms. The fraction of sp³-hybridized carbons (Fsp3) is 0.280. The predicted molar refractivity (Wildman–Crippen MR) is 135 cm³/mol. The smallest absolute Gasteiger partial charge is 0.226 e. The molecule has 0 amide bonds. The zero-order valence-corrected chi connectivity index (χ0v) is 21.0. The van der Waals surface area contributed by atoms with Crippen LogP contribution in [0.4, 0.5) is 0 Å². The molecular weight excluding hydrogens is 477 g/mol. The third-order valence-corrected chi connectivity index (χ3v) is 5.11. The monoisotopic (exact) mass is 503 g/mol. The maximum atomic E-state index is 6.08. The molecule has 0 N–H and O–H groups in total. The molecule has 0 fully saturated rings. The van der Waals surface area contributed by atoms with Crippen LogP contribution in [0.5, 0.6) is 28.9 Å². The molecule has 0 aliphatic rings. The highest BCUT2D eigenvalue weighted by Gasteiger charge is 2.14. The number of hydrogen-bond donors (Lipinski definition) is 0. The Bertz CT molecular complexity index is 1120. The van der Waals surface area contributed by atoms with E-state index < -0.39 is 0 Å². The lowest BCUT2D eigenvalue weighted by Crippen LogP contribution is -2.02. The van der Waals surface area contributed by atoms with E-state index >= 15 is 0 Å².